The molecule has 1 N–H and O–H groups in total. The molecule has 5 nitrogen and oxygen atoms in total. The Labute approximate surface area is 145 Å². The first-order chi connectivity index (χ1) is 12.1. The standard InChI is InChI=1S/C20H16N4O/c1-12(9-21)10-24-11-17-15(4-3-5-16(17)20(24)25)14-6-7-18-19(8-14)23-13(2)22-18/h3-8H,1,10-11H2,2H3,(H,22,23). The number of rotatable bonds is 3. The van der Waals surface area contributed by atoms with Crippen LogP contribution in [0, 0.1) is 18.3 Å². The number of imidazole rings is 1. The molecule has 1 aromatic heterocycles. The van der Waals surface area contributed by atoms with Gasteiger partial charge >= 0.3 is 0 Å². The summed E-state index contributed by atoms with van der Waals surface area (Å²) in [5, 5.41) is 8.94. The number of carbonyl (C=O) groups is 1. The Bertz CT molecular complexity index is 1070. The highest BCUT2D eigenvalue weighted by Crippen LogP contribution is 2.34. The van der Waals surface area contributed by atoms with E-state index in [1.165, 1.54) is 0 Å². The monoisotopic (exact) mass is 328 g/mol. The maximum atomic E-state index is 12.6. The predicted molar refractivity (Wildman–Crippen MR) is 95.8 cm³/mol. The number of H-pyrrole nitrogens is 1. The van der Waals surface area contributed by atoms with Crippen molar-refractivity contribution in [1.29, 1.82) is 5.26 Å². The van der Waals surface area contributed by atoms with Gasteiger partial charge in [-0.15, -0.1) is 0 Å². The molecule has 2 heterocycles. The molecule has 2 aromatic carbocycles. The number of hydrogen-bond acceptors (Lipinski definition) is 3. The third-order valence-electron chi connectivity index (χ3n) is 4.49. The smallest absolute Gasteiger partial charge is 0.254 e. The van der Waals surface area contributed by atoms with Crippen molar-refractivity contribution in [3.8, 4) is 17.2 Å². The third kappa shape index (κ3) is 2.48. The molecule has 1 aliphatic rings. The number of fused-ring (bicyclic) bond motifs is 2. The van der Waals surface area contributed by atoms with E-state index in [4.69, 9.17) is 5.26 Å². The quantitative estimate of drug-likeness (QED) is 0.747. The minimum atomic E-state index is -0.0510. The van der Waals surface area contributed by atoms with Crippen molar-refractivity contribution in [2.24, 2.45) is 0 Å². The minimum Gasteiger partial charge on any atom is -0.342 e. The van der Waals surface area contributed by atoms with Crippen LogP contribution in [0.5, 0.6) is 0 Å². The van der Waals surface area contributed by atoms with Crippen LogP contribution in [0.25, 0.3) is 22.2 Å². The van der Waals surface area contributed by atoms with Crippen LogP contribution < -0.4 is 0 Å². The Morgan fingerprint density at radius 3 is 2.96 bits per heavy atom. The highest BCUT2D eigenvalue weighted by Gasteiger charge is 2.29. The van der Waals surface area contributed by atoms with Crippen LogP contribution in [0.15, 0.2) is 48.6 Å². The Morgan fingerprint density at radius 1 is 1.36 bits per heavy atom. The largest absolute Gasteiger partial charge is 0.342 e. The molecule has 5 heteroatoms. The topological polar surface area (TPSA) is 72.8 Å². The lowest BCUT2D eigenvalue weighted by atomic mass is 9.97. The average Bonchev–Trinajstić information content (AvgIpc) is 3.13. The number of nitrogens with one attached hydrogen (secondary N) is 1. The normalized spacial score (nSPS) is 13.1. The number of hydrogen-bond donors (Lipinski definition) is 1. The first-order valence-corrected chi connectivity index (χ1v) is 8.02. The summed E-state index contributed by atoms with van der Waals surface area (Å²) in [5.74, 6) is 0.826. The number of carbonyl (C=O) groups excluding carboxylic acids is 1. The lowest BCUT2D eigenvalue weighted by Gasteiger charge is -2.14. The van der Waals surface area contributed by atoms with E-state index >= 15 is 0 Å². The van der Waals surface area contributed by atoms with Crippen LogP contribution >= 0.6 is 0 Å². The summed E-state index contributed by atoms with van der Waals surface area (Å²) < 4.78 is 0. The molecular formula is C20H16N4O. The summed E-state index contributed by atoms with van der Waals surface area (Å²) in [6, 6.07) is 13.9. The van der Waals surface area contributed by atoms with Crippen LogP contribution in [0.1, 0.15) is 21.7 Å². The van der Waals surface area contributed by atoms with Gasteiger partial charge in [0, 0.05) is 17.7 Å². The van der Waals surface area contributed by atoms with Gasteiger partial charge in [0.25, 0.3) is 5.91 Å². The zero-order chi connectivity index (χ0) is 17.6. The lowest BCUT2D eigenvalue weighted by Crippen LogP contribution is -2.25. The number of nitrogens with zero attached hydrogens (tertiary/aromatic N) is 3. The first-order valence-electron chi connectivity index (χ1n) is 8.02. The maximum absolute atomic E-state index is 12.6. The second-order valence-corrected chi connectivity index (χ2v) is 6.26. The van der Waals surface area contributed by atoms with Crippen LogP contribution in [0.2, 0.25) is 0 Å². The molecule has 0 spiro atoms. The first kappa shape index (κ1) is 15.2. The van der Waals surface area contributed by atoms with Crippen molar-refractivity contribution in [3.63, 3.8) is 0 Å². The second-order valence-electron chi connectivity index (χ2n) is 6.26. The molecule has 0 fully saturated rings. The highest BCUT2D eigenvalue weighted by atomic mass is 16.2. The number of aromatic amines is 1. The van der Waals surface area contributed by atoms with E-state index in [0.717, 1.165) is 33.5 Å². The fourth-order valence-electron chi connectivity index (χ4n) is 3.36. The minimum absolute atomic E-state index is 0.0510. The maximum Gasteiger partial charge on any atom is 0.254 e. The van der Waals surface area contributed by atoms with Gasteiger partial charge in [-0.1, -0.05) is 24.8 Å². The molecule has 1 amide bonds. The summed E-state index contributed by atoms with van der Waals surface area (Å²) >= 11 is 0. The van der Waals surface area contributed by atoms with E-state index in [-0.39, 0.29) is 12.5 Å². The molecule has 0 saturated carbocycles. The molecule has 0 aliphatic carbocycles. The van der Waals surface area contributed by atoms with E-state index in [2.05, 4.69) is 16.5 Å². The SMILES string of the molecule is C=C(C#N)CN1Cc2c(cccc2-c2ccc3[nH]c(C)nc3c2)C1=O. The second kappa shape index (κ2) is 5.60. The Balaban J connectivity index is 1.77. The fourth-order valence-corrected chi connectivity index (χ4v) is 3.36. The molecule has 0 atom stereocenters. The summed E-state index contributed by atoms with van der Waals surface area (Å²) in [4.78, 5) is 22.0. The lowest BCUT2D eigenvalue weighted by molar-refractivity contribution is 0.0794. The van der Waals surface area contributed by atoms with Gasteiger partial charge in [0.2, 0.25) is 0 Å². The molecule has 25 heavy (non-hydrogen) atoms. The number of aromatic nitrogens is 2. The summed E-state index contributed by atoms with van der Waals surface area (Å²) in [6.07, 6.45) is 0. The Hall–Kier alpha value is -3.39. The van der Waals surface area contributed by atoms with E-state index in [9.17, 15) is 4.79 Å². The zero-order valence-electron chi connectivity index (χ0n) is 13.8. The van der Waals surface area contributed by atoms with Crippen molar-refractivity contribution in [2.75, 3.05) is 6.54 Å². The summed E-state index contributed by atoms with van der Waals surface area (Å²) in [6.45, 7) is 6.37. The molecule has 0 saturated heterocycles. The van der Waals surface area contributed by atoms with Gasteiger partial charge in [-0.2, -0.15) is 5.26 Å². The number of aryl methyl sites for hydroxylation is 1. The van der Waals surface area contributed by atoms with Crippen molar-refractivity contribution in [3.05, 3.63) is 65.5 Å². The van der Waals surface area contributed by atoms with Gasteiger partial charge in [-0.05, 0) is 41.8 Å². The molecule has 0 radical (unpaired) electrons. The van der Waals surface area contributed by atoms with Gasteiger partial charge in [-0.25, -0.2) is 4.98 Å². The van der Waals surface area contributed by atoms with Gasteiger partial charge in [0.1, 0.15) is 5.82 Å². The van der Waals surface area contributed by atoms with Gasteiger partial charge in [0.05, 0.1) is 23.6 Å². The number of nitriles is 1. The van der Waals surface area contributed by atoms with Crippen LogP contribution in [-0.4, -0.2) is 27.3 Å². The molecule has 0 unspecified atom stereocenters. The van der Waals surface area contributed by atoms with E-state index in [1.54, 1.807) is 4.90 Å². The molecule has 0 bridgehead atoms. The van der Waals surface area contributed by atoms with Crippen LogP contribution in [-0.2, 0) is 6.54 Å². The van der Waals surface area contributed by atoms with Gasteiger partial charge in [0.15, 0.2) is 0 Å². The van der Waals surface area contributed by atoms with Crippen molar-refractivity contribution in [1.82, 2.24) is 14.9 Å². The van der Waals surface area contributed by atoms with E-state index in [1.807, 2.05) is 49.4 Å². The average molecular weight is 328 g/mol. The molecule has 1 aliphatic heterocycles. The third-order valence-corrected chi connectivity index (χ3v) is 4.49. The summed E-state index contributed by atoms with van der Waals surface area (Å²) in [7, 11) is 0. The molecule has 4 rings (SSSR count). The van der Waals surface area contributed by atoms with E-state index in [0.29, 0.717) is 17.7 Å². The summed E-state index contributed by atoms with van der Waals surface area (Å²) in [5.41, 5.74) is 6.04. The van der Waals surface area contributed by atoms with Crippen molar-refractivity contribution in [2.45, 2.75) is 13.5 Å². The molecule has 3 aromatic rings. The highest BCUT2D eigenvalue weighted by molar-refractivity contribution is 6.01. The number of amides is 1. The molecule has 122 valence electrons. The van der Waals surface area contributed by atoms with Gasteiger partial charge < -0.3 is 9.88 Å². The Morgan fingerprint density at radius 2 is 2.16 bits per heavy atom. The van der Waals surface area contributed by atoms with Crippen LogP contribution in [0.3, 0.4) is 0 Å². The van der Waals surface area contributed by atoms with E-state index < -0.39 is 0 Å². The van der Waals surface area contributed by atoms with Crippen LogP contribution in [0.4, 0.5) is 0 Å². The van der Waals surface area contributed by atoms with Crippen molar-refractivity contribution >= 4 is 16.9 Å². The van der Waals surface area contributed by atoms with Crippen molar-refractivity contribution < 1.29 is 4.79 Å². The Kier molecular flexibility index (Phi) is 3.40. The molecular weight excluding hydrogens is 312 g/mol. The predicted octanol–water partition coefficient (Wildman–Crippen LogP) is 3.57. The number of benzene rings is 2. The van der Waals surface area contributed by atoms with Gasteiger partial charge in [-0.3, -0.25) is 4.79 Å². The fraction of sp³-hybridized carbons (Fsp3) is 0.150. The zero-order valence-corrected chi connectivity index (χ0v) is 13.8.